The zero-order chi connectivity index (χ0) is 11.7. The minimum absolute atomic E-state index is 0.0592. The van der Waals surface area contributed by atoms with Gasteiger partial charge in [0.2, 0.25) is 0 Å². The topological polar surface area (TPSA) is 79.1 Å². The highest BCUT2D eigenvalue weighted by Gasteiger charge is 2.10. The number of carbonyl (C=O) groups is 1. The van der Waals surface area contributed by atoms with Crippen molar-refractivity contribution in [2.45, 2.75) is 12.8 Å². The van der Waals surface area contributed by atoms with E-state index >= 15 is 0 Å². The molecule has 1 aromatic heterocycles. The molecule has 16 heavy (non-hydrogen) atoms. The Balaban J connectivity index is 2.45. The average molecular weight is 239 g/mol. The number of aliphatic carboxylic acids is 1. The smallest absolute Gasteiger partial charge is 0.303 e. The molecule has 1 heterocycles. The number of H-pyrrole nitrogens is 1. The third-order valence-corrected chi connectivity index (χ3v) is 2.73. The van der Waals surface area contributed by atoms with Gasteiger partial charge in [-0.3, -0.25) is 4.79 Å². The van der Waals surface area contributed by atoms with Crippen LogP contribution in [0.25, 0.3) is 10.9 Å². The summed E-state index contributed by atoms with van der Waals surface area (Å²) in [6.45, 7) is 0. The van der Waals surface area contributed by atoms with Gasteiger partial charge in [-0.05, 0) is 24.6 Å². The van der Waals surface area contributed by atoms with Crippen molar-refractivity contribution < 1.29 is 9.90 Å². The van der Waals surface area contributed by atoms with Crippen molar-refractivity contribution in [3.63, 3.8) is 0 Å². The second-order valence-electron chi connectivity index (χ2n) is 3.60. The molecule has 0 spiro atoms. The lowest BCUT2D eigenvalue weighted by atomic mass is 10.1. The first-order chi connectivity index (χ1) is 7.58. The van der Waals surface area contributed by atoms with Crippen molar-refractivity contribution >= 4 is 34.3 Å². The molecule has 0 radical (unpaired) electrons. The van der Waals surface area contributed by atoms with Gasteiger partial charge in [-0.25, -0.2) is 0 Å². The van der Waals surface area contributed by atoms with Gasteiger partial charge in [0.15, 0.2) is 0 Å². The minimum atomic E-state index is -0.837. The molecule has 0 bridgehead atoms. The average Bonchev–Trinajstić information content (AvgIpc) is 2.51. The Morgan fingerprint density at radius 1 is 1.50 bits per heavy atom. The summed E-state index contributed by atoms with van der Waals surface area (Å²) in [6, 6.07) is 5.39. The van der Waals surface area contributed by atoms with E-state index < -0.39 is 5.97 Å². The molecule has 0 fully saturated rings. The predicted octanol–water partition coefficient (Wildman–Crippen LogP) is 2.42. The monoisotopic (exact) mass is 238 g/mol. The van der Waals surface area contributed by atoms with E-state index in [0.29, 0.717) is 17.3 Å². The number of fused-ring (bicyclic) bond motifs is 1. The Labute approximate surface area is 97.0 Å². The minimum Gasteiger partial charge on any atom is -0.481 e. The molecular formula is C11H11ClN2O2. The fraction of sp³-hybridized carbons (Fsp3) is 0.182. The molecule has 0 aliphatic heterocycles. The summed E-state index contributed by atoms with van der Waals surface area (Å²) in [5, 5.41) is 10.2. The molecule has 4 N–H and O–H groups in total. The van der Waals surface area contributed by atoms with Gasteiger partial charge in [-0.1, -0.05) is 11.6 Å². The summed E-state index contributed by atoms with van der Waals surface area (Å²) in [7, 11) is 0. The summed E-state index contributed by atoms with van der Waals surface area (Å²) in [4.78, 5) is 13.5. The number of aromatic amines is 1. The number of nitrogens with two attached hydrogens (primary N) is 1. The maximum Gasteiger partial charge on any atom is 0.303 e. The van der Waals surface area contributed by atoms with Crippen LogP contribution in [-0.4, -0.2) is 16.1 Å². The number of aryl methyl sites for hydroxylation is 1. The van der Waals surface area contributed by atoms with E-state index in [0.717, 1.165) is 16.5 Å². The van der Waals surface area contributed by atoms with E-state index in [1.54, 1.807) is 12.1 Å². The highest BCUT2D eigenvalue weighted by molar-refractivity contribution is 6.31. The van der Waals surface area contributed by atoms with E-state index in [1.165, 1.54) is 0 Å². The third kappa shape index (κ3) is 1.97. The standard InChI is InChI=1S/C11H11ClN2O2/c12-6-1-3-9-8(5-6)7(11(13)14-9)2-4-10(15)16/h1,3,5,14H,2,4,13H2,(H,15,16). The summed E-state index contributed by atoms with van der Waals surface area (Å²) >= 11 is 5.89. The predicted molar refractivity (Wildman–Crippen MR) is 63.7 cm³/mol. The Kier molecular flexibility index (Phi) is 2.75. The van der Waals surface area contributed by atoms with Crippen molar-refractivity contribution in [3.05, 3.63) is 28.8 Å². The first kappa shape index (κ1) is 10.8. The van der Waals surface area contributed by atoms with Gasteiger partial charge in [0.1, 0.15) is 5.82 Å². The van der Waals surface area contributed by atoms with E-state index in [4.69, 9.17) is 22.4 Å². The second-order valence-corrected chi connectivity index (χ2v) is 4.04. The number of rotatable bonds is 3. The van der Waals surface area contributed by atoms with Crippen LogP contribution in [0.3, 0.4) is 0 Å². The molecule has 0 aliphatic carbocycles. The molecule has 84 valence electrons. The number of nitrogen functional groups attached to an aromatic ring is 1. The molecule has 0 unspecified atom stereocenters. The van der Waals surface area contributed by atoms with Crippen LogP contribution in [0.1, 0.15) is 12.0 Å². The lowest BCUT2D eigenvalue weighted by Gasteiger charge is -1.98. The van der Waals surface area contributed by atoms with Crippen molar-refractivity contribution in [2.24, 2.45) is 0 Å². The zero-order valence-corrected chi connectivity index (χ0v) is 9.21. The van der Waals surface area contributed by atoms with Crippen molar-refractivity contribution in [1.82, 2.24) is 4.98 Å². The molecule has 1 aromatic carbocycles. The van der Waals surface area contributed by atoms with Gasteiger partial charge < -0.3 is 15.8 Å². The normalized spacial score (nSPS) is 10.8. The highest BCUT2D eigenvalue weighted by Crippen LogP contribution is 2.27. The van der Waals surface area contributed by atoms with Crippen LogP contribution in [0, 0.1) is 0 Å². The number of hydrogen-bond donors (Lipinski definition) is 3. The molecular weight excluding hydrogens is 228 g/mol. The molecule has 2 aromatic rings. The summed E-state index contributed by atoms with van der Waals surface area (Å²) in [5.74, 6) is -0.325. The number of carboxylic acids is 1. The first-order valence-electron chi connectivity index (χ1n) is 4.85. The number of halogens is 1. The number of carboxylic acid groups (broad SMARTS) is 1. The first-order valence-corrected chi connectivity index (χ1v) is 5.23. The molecule has 0 aliphatic rings. The fourth-order valence-electron chi connectivity index (χ4n) is 1.74. The Hall–Kier alpha value is -1.68. The molecule has 0 saturated heterocycles. The SMILES string of the molecule is Nc1[nH]c2ccc(Cl)cc2c1CCC(=O)O. The zero-order valence-electron chi connectivity index (χ0n) is 8.46. The molecule has 0 atom stereocenters. The molecule has 4 nitrogen and oxygen atoms in total. The summed E-state index contributed by atoms with van der Waals surface area (Å²) < 4.78 is 0. The van der Waals surface area contributed by atoms with Crippen molar-refractivity contribution in [2.75, 3.05) is 5.73 Å². The Bertz CT molecular complexity index is 548. The van der Waals surface area contributed by atoms with Crippen LogP contribution in [0.4, 0.5) is 5.82 Å². The molecule has 5 heteroatoms. The van der Waals surface area contributed by atoms with E-state index in [1.807, 2.05) is 6.07 Å². The van der Waals surface area contributed by atoms with E-state index in [-0.39, 0.29) is 6.42 Å². The highest BCUT2D eigenvalue weighted by atomic mass is 35.5. The largest absolute Gasteiger partial charge is 0.481 e. The van der Waals surface area contributed by atoms with Crippen LogP contribution < -0.4 is 5.73 Å². The number of hydrogen-bond acceptors (Lipinski definition) is 2. The van der Waals surface area contributed by atoms with Gasteiger partial charge in [-0.2, -0.15) is 0 Å². The van der Waals surface area contributed by atoms with Gasteiger partial charge in [0.25, 0.3) is 0 Å². The van der Waals surface area contributed by atoms with Gasteiger partial charge in [0, 0.05) is 27.9 Å². The van der Waals surface area contributed by atoms with Crippen LogP contribution in [0.5, 0.6) is 0 Å². The number of benzene rings is 1. The van der Waals surface area contributed by atoms with E-state index in [2.05, 4.69) is 4.98 Å². The fourth-order valence-corrected chi connectivity index (χ4v) is 1.91. The Morgan fingerprint density at radius 2 is 2.25 bits per heavy atom. The summed E-state index contributed by atoms with van der Waals surface area (Å²) in [5.41, 5.74) is 7.49. The lowest BCUT2D eigenvalue weighted by Crippen LogP contribution is -1.99. The van der Waals surface area contributed by atoms with Gasteiger partial charge in [0.05, 0.1) is 0 Å². The van der Waals surface area contributed by atoms with Crippen LogP contribution >= 0.6 is 11.6 Å². The lowest BCUT2D eigenvalue weighted by molar-refractivity contribution is -0.136. The van der Waals surface area contributed by atoms with Crippen LogP contribution in [-0.2, 0) is 11.2 Å². The molecule has 0 saturated carbocycles. The van der Waals surface area contributed by atoms with Gasteiger partial charge >= 0.3 is 5.97 Å². The van der Waals surface area contributed by atoms with Crippen molar-refractivity contribution in [1.29, 1.82) is 0 Å². The number of aromatic nitrogens is 1. The third-order valence-electron chi connectivity index (χ3n) is 2.49. The van der Waals surface area contributed by atoms with Gasteiger partial charge in [-0.15, -0.1) is 0 Å². The maximum absolute atomic E-state index is 10.5. The maximum atomic E-state index is 10.5. The van der Waals surface area contributed by atoms with E-state index in [9.17, 15) is 4.79 Å². The Morgan fingerprint density at radius 3 is 2.94 bits per heavy atom. The molecule has 0 amide bonds. The second kappa shape index (κ2) is 4.06. The van der Waals surface area contributed by atoms with Crippen molar-refractivity contribution in [3.8, 4) is 0 Å². The summed E-state index contributed by atoms with van der Waals surface area (Å²) in [6.07, 6.45) is 0.463. The van der Waals surface area contributed by atoms with Crippen LogP contribution in [0.15, 0.2) is 18.2 Å². The number of anilines is 1. The quantitative estimate of drug-likeness (QED) is 0.768. The number of nitrogens with one attached hydrogen (secondary N) is 1. The van der Waals surface area contributed by atoms with Crippen LogP contribution in [0.2, 0.25) is 5.02 Å². The molecule has 2 rings (SSSR count).